The van der Waals surface area contributed by atoms with Crippen molar-refractivity contribution in [2.45, 2.75) is 20.8 Å². The van der Waals surface area contributed by atoms with Gasteiger partial charge in [-0.05, 0) is 0 Å². The van der Waals surface area contributed by atoms with Gasteiger partial charge in [0.1, 0.15) is 12.7 Å². The van der Waals surface area contributed by atoms with Crippen LogP contribution in [0, 0.1) is 5.41 Å². The third-order valence-electron chi connectivity index (χ3n) is 1.55. The molecule has 4 heteroatoms. The minimum atomic E-state index is -0.336. The first-order chi connectivity index (χ1) is 6.00. The molecule has 0 saturated carbocycles. The largest absolute Gasteiger partial charge is 0.294 e. The Kier molecular flexibility index (Phi) is 2.60. The van der Waals surface area contributed by atoms with E-state index in [2.05, 4.69) is 10.1 Å². The zero-order valence-corrected chi connectivity index (χ0v) is 8.06. The second kappa shape index (κ2) is 3.51. The lowest BCUT2D eigenvalue weighted by Crippen LogP contribution is -2.17. The number of aromatic nitrogens is 3. The van der Waals surface area contributed by atoms with E-state index in [9.17, 15) is 4.79 Å². The van der Waals surface area contributed by atoms with Crippen LogP contribution in [-0.2, 0) is 4.79 Å². The van der Waals surface area contributed by atoms with Crippen molar-refractivity contribution in [2.75, 3.05) is 0 Å². The first-order valence-corrected chi connectivity index (χ1v) is 4.07. The van der Waals surface area contributed by atoms with Gasteiger partial charge in [-0.25, -0.2) is 9.67 Å². The molecule has 0 saturated heterocycles. The van der Waals surface area contributed by atoms with E-state index in [1.54, 1.807) is 6.20 Å². The predicted octanol–water partition coefficient (Wildman–Crippen LogP) is 1.36. The number of hydrogen-bond acceptors (Lipinski definition) is 3. The molecule has 0 unspecified atom stereocenters. The molecule has 1 aromatic heterocycles. The molecule has 0 aliphatic rings. The van der Waals surface area contributed by atoms with Crippen molar-refractivity contribution in [3.63, 3.8) is 0 Å². The number of hydrogen-bond donors (Lipinski definition) is 0. The van der Waals surface area contributed by atoms with Gasteiger partial charge in [0.05, 0.1) is 0 Å². The Bertz CT molecular complexity index is 306. The summed E-state index contributed by atoms with van der Waals surface area (Å²) < 4.78 is 1.49. The van der Waals surface area contributed by atoms with E-state index < -0.39 is 0 Å². The fourth-order valence-corrected chi connectivity index (χ4v) is 0.688. The Morgan fingerprint density at radius 2 is 2.15 bits per heavy atom. The van der Waals surface area contributed by atoms with Gasteiger partial charge >= 0.3 is 0 Å². The minimum Gasteiger partial charge on any atom is -0.294 e. The molecule has 1 aromatic rings. The fourth-order valence-electron chi connectivity index (χ4n) is 0.688. The maximum Gasteiger partial charge on any atom is 0.162 e. The molecule has 0 aromatic carbocycles. The Labute approximate surface area is 77.3 Å². The van der Waals surface area contributed by atoms with Crippen molar-refractivity contribution < 1.29 is 4.79 Å². The summed E-state index contributed by atoms with van der Waals surface area (Å²) in [5.41, 5.74) is -0.336. The topological polar surface area (TPSA) is 47.8 Å². The summed E-state index contributed by atoms with van der Waals surface area (Å²) in [6.45, 7) is 5.63. The lowest BCUT2D eigenvalue weighted by molar-refractivity contribution is -0.121. The standard InChI is InChI=1S/C9H13N3O/c1-9(2,3)8(13)4-5-12-7-10-6-11-12/h4-7H,1-3H3. The van der Waals surface area contributed by atoms with Gasteiger partial charge in [-0.15, -0.1) is 0 Å². The van der Waals surface area contributed by atoms with Gasteiger partial charge < -0.3 is 0 Å². The van der Waals surface area contributed by atoms with Crippen LogP contribution >= 0.6 is 0 Å². The molecule has 0 amide bonds. The van der Waals surface area contributed by atoms with Crippen molar-refractivity contribution in [1.82, 2.24) is 14.8 Å². The molecular formula is C9H13N3O. The second-order valence-electron chi connectivity index (χ2n) is 3.81. The third-order valence-corrected chi connectivity index (χ3v) is 1.55. The van der Waals surface area contributed by atoms with E-state index in [0.29, 0.717) is 0 Å². The molecule has 0 aliphatic heterocycles. The average molecular weight is 179 g/mol. The molecule has 0 radical (unpaired) electrons. The number of carbonyl (C=O) groups excluding carboxylic acids is 1. The Balaban J connectivity index is 2.65. The molecule has 13 heavy (non-hydrogen) atoms. The zero-order chi connectivity index (χ0) is 9.90. The molecule has 0 fully saturated rings. The van der Waals surface area contributed by atoms with Gasteiger partial charge in [-0.1, -0.05) is 20.8 Å². The molecule has 0 aliphatic carbocycles. The van der Waals surface area contributed by atoms with Crippen LogP contribution in [0.5, 0.6) is 0 Å². The number of allylic oxidation sites excluding steroid dienone is 1. The van der Waals surface area contributed by atoms with Crippen molar-refractivity contribution >= 4 is 12.0 Å². The molecule has 4 nitrogen and oxygen atoms in total. The molecule has 0 atom stereocenters. The maximum atomic E-state index is 11.4. The highest BCUT2D eigenvalue weighted by molar-refractivity contribution is 5.95. The summed E-state index contributed by atoms with van der Waals surface area (Å²) in [6.07, 6.45) is 6.06. The monoisotopic (exact) mass is 179 g/mol. The lowest BCUT2D eigenvalue weighted by atomic mass is 9.91. The van der Waals surface area contributed by atoms with Crippen molar-refractivity contribution in [3.05, 3.63) is 18.7 Å². The predicted molar refractivity (Wildman–Crippen MR) is 49.8 cm³/mol. The van der Waals surface area contributed by atoms with Gasteiger partial charge in [-0.2, -0.15) is 5.10 Å². The van der Waals surface area contributed by atoms with Crippen LogP contribution in [0.3, 0.4) is 0 Å². The summed E-state index contributed by atoms with van der Waals surface area (Å²) in [6, 6.07) is 0. The van der Waals surface area contributed by atoms with Crippen molar-refractivity contribution in [3.8, 4) is 0 Å². The summed E-state index contributed by atoms with van der Waals surface area (Å²) in [7, 11) is 0. The number of carbonyl (C=O) groups is 1. The van der Waals surface area contributed by atoms with Crippen LogP contribution in [0.4, 0.5) is 0 Å². The van der Waals surface area contributed by atoms with E-state index in [0.717, 1.165) is 0 Å². The number of ketones is 1. The Morgan fingerprint density at radius 3 is 2.62 bits per heavy atom. The van der Waals surface area contributed by atoms with Gasteiger partial charge in [-0.3, -0.25) is 4.79 Å². The first-order valence-electron chi connectivity index (χ1n) is 4.07. The fraction of sp³-hybridized carbons (Fsp3) is 0.444. The highest BCUT2D eigenvalue weighted by Crippen LogP contribution is 2.14. The van der Waals surface area contributed by atoms with E-state index >= 15 is 0 Å². The molecule has 0 spiro atoms. The Hall–Kier alpha value is -1.45. The highest BCUT2D eigenvalue weighted by Gasteiger charge is 2.17. The molecule has 0 bridgehead atoms. The van der Waals surface area contributed by atoms with Gasteiger partial charge in [0.25, 0.3) is 0 Å². The smallest absolute Gasteiger partial charge is 0.162 e. The molecule has 0 N–H and O–H groups in total. The number of nitrogens with zero attached hydrogens (tertiary/aromatic N) is 3. The van der Waals surface area contributed by atoms with Crippen LogP contribution in [0.25, 0.3) is 6.20 Å². The molecule has 70 valence electrons. The van der Waals surface area contributed by atoms with Crippen LogP contribution in [-0.4, -0.2) is 20.5 Å². The average Bonchev–Trinajstić information content (AvgIpc) is 2.50. The molecule has 1 heterocycles. The van der Waals surface area contributed by atoms with Gasteiger partial charge in [0.15, 0.2) is 5.78 Å². The summed E-state index contributed by atoms with van der Waals surface area (Å²) in [5.74, 6) is 0.0722. The van der Waals surface area contributed by atoms with Crippen LogP contribution in [0.15, 0.2) is 18.7 Å². The summed E-state index contributed by atoms with van der Waals surface area (Å²) >= 11 is 0. The van der Waals surface area contributed by atoms with Gasteiger partial charge in [0.2, 0.25) is 0 Å². The van der Waals surface area contributed by atoms with Crippen LogP contribution in [0.2, 0.25) is 0 Å². The van der Waals surface area contributed by atoms with Crippen molar-refractivity contribution in [2.24, 2.45) is 5.41 Å². The van der Waals surface area contributed by atoms with Gasteiger partial charge in [0, 0.05) is 17.7 Å². The molecular weight excluding hydrogens is 166 g/mol. The normalized spacial score (nSPS) is 12.2. The van der Waals surface area contributed by atoms with E-state index in [1.165, 1.54) is 23.4 Å². The SMILES string of the molecule is CC(C)(C)C(=O)C=Cn1cncn1. The van der Waals surface area contributed by atoms with Crippen LogP contribution < -0.4 is 0 Å². The Morgan fingerprint density at radius 1 is 1.46 bits per heavy atom. The maximum absolute atomic E-state index is 11.4. The third kappa shape index (κ3) is 2.82. The lowest BCUT2D eigenvalue weighted by Gasteiger charge is -2.12. The summed E-state index contributed by atoms with van der Waals surface area (Å²) in [5, 5.41) is 3.84. The second-order valence-corrected chi connectivity index (χ2v) is 3.81. The molecule has 1 rings (SSSR count). The minimum absolute atomic E-state index is 0.0722. The zero-order valence-electron chi connectivity index (χ0n) is 8.06. The van der Waals surface area contributed by atoms with Crippen molar-refractivity contribution in [1.29, 1.82) is 0 Å². The van der Waals surface area contributed by atoms with E-state index in [1.807, 2.05) is 20.8 Å². The van der Waals surface area contributed by atoms with E-state index in [-0.39, 0.29) is 11.2 Å². The quantitative estimate of drug-likeness (QED) is 0.644. The van der Waals surface area contributed by atoms with E-state index in [4.69, 9.17) is 0 Å². The number of rotatable bonds is 2. The van der Waals surface area contributed by atoms with Crippen LogP contribution in [0.1, 0.15) is 20.8 Å². The first kappa shape index (κ1) is 9.64. The highest BCUT2D eigenvalue weighted by atomic mass is 16.1. The summed E-state index contributed by atoms with van der Waals surface area (Å²) in [4.78, 5) is 15.2.